The number of rotatable bonds is 3. The quantitative estimate of drug-likeness (QED) is 0.567. The van der Waals surface area contributed by atoms with Crippen molar-refractivity contribution in [3.63, 3.8) is 0 Å². The van der Waals surface area contributed by atoms with Gasteiger partial charge in [-0.25, -0.2) is 9.37 Å². The highest BCUT2D eigenvalue weighted by molar-refractivity contribution is 6.31. The van der Waals surface area contributed by atoms with Crippen LogP contribution in [0.1, 0.15) is 12.7 Å². The second kappa shape index (κ2) is 5.72. The number of imidazole rings is 1. The molecule has 7 heteroatoms. The van der Waals surface area contributed by atoms with Gasteiger partial charge in [0.1, 0.15) is 17.3 Å². The van der Waals surface area contributed by atoms with Crippen LogP contribution in [0.15, 0.2) is 48.9 Å². The largest absolute Gasteiger partial charge is 0.305 e. The molecule has 0 atom stereocenters. The predicted octanol–water partition coefficient (Wildman–Crippen LogP) is 3.94. The summed E-state index contributed by atoms with van der Waals surface area (Å²) in [6.45, 7) is 2.01. The van der Waals surface area contributed by atoms with Gasteiger partial charge >= 0.3 is 0 Å². The molecule has 0 unspecified atom stereocenters. The Labute approximate surface area is 142 Å². The third kappa shape index (κ3) is 2.35. The minimum atomic E-state index is -0.456. The fourth-order valence-electron chi connectivity index (χ4n) is 2.68. The average Bonchev–Trinajstić information content (AvgIpc) is 3.22. The number of hydrogen-bond acceptors (Lipinski definition) is 3. The molecule has 3 aromatic heterocycles. The Bertz CT molecular complexity index is 1040. The molecule has 0 saturated heterocycles. The van der Waals surface area contributed by atoms with Gasteiger partial charge in [-0.3, -0.25) is 4.57 Å². The number of hydrogen-bond donors (Lipinski definition) is 0. The molecule has 1 aromatic carbocycles. The van der Waals surface area contributed by atoms with Crippen molar-refractivity contribution in [2.24, 2.45) is 0 Å². The second-order valence-corrected chi connectivity index (χ2v) is 5.74. The van der Waals surface area contributed by atoms with Gasteiger partial charge in [0.25, 0.3) is 0 Å². The van der Waals surface area contributed by atoms with Crippen LogP contribution in [0.3, 0.4) is 0 Å². The van der Waals surface area contributed by atoms with Crippen LogP contribution in [0.2, 0.25) is 5.02 Å². The molecule has 0 saturated carbocycles. The third-order valence-corrected chi connectivity index (χ3v) is 4.15. The highest BCUT2D eigenvalue weighted by Crippen LogP contribution is 2.27. The van der Waals surface area contributed by atoms with Gasteiger partial charge in [-0.15, -0.1) is 10.2 Å². The van der Waals surface area contributed by atoms with E-state index in [1.165, 1.54) is 6.07 Å². The Morgan fingerprint density at radius 3 is 2.83 bits per heavy atom. The predicted molar refractivity (Wildman–Crippen MR) is 89.9 cm³/mol. The maximum Gasteiger partial charge on any atom is 0.168 e. The smallest absolute Gasteiger partial charge is 0.168 e. The number of nitrogens with zero attached hydrogens (tertiary/aromatic N) is 5. The van der Waals surface area contributed by atoms with Gasteiger partial charge in [-0.05, 0) is 30.3 Å². The summed E-state index contributed by atoms with van der Waals surface area (Å²) in [5, 5.41) is 8.60. The first-order chi connectivity index (χ1) is 11.7. The zero-order valence-electron chi connectivity index (χ0n) is 12.8. The molecule has 4 rings (SSSR count). The van der Waals surface area contributed by atoms with Gasteiger partial charge in [0, 0.05) is 30.6 Å². The first kappa shape index (κ1) is 14.8. The zero-order chi connectivity index (χ0) is 16.7. The Morgan fingerprint density at radius 2 is 2.04 bits per heavy atom. The molecule has 120 valence electrons. The third-order valence-electron chi connectivity index (χ3n) is 3.86. The summed E-state index contributed by atoms with van der Waals surface area (Å²) in [5.74, 6) is 0.972. The number of aryl methyl sites for hydroxylation is 1. The zero-order valence-corrected chi connectivity index (χ0v) is 13.6. The van der Waals surface area contributed by atoms with Crippen LogP contribution in [-0.2, 0) is 6.42 Å². The Balaban J connectivity index is 1.93. The highest BCUT2D eigenvalue weighted by Gasteiger charge is 2.16. The lowest BCUT2D eigenvalue weighted by Crippen LogP contribution is -2.03. The molecule has 24 heavy (non-hydrogen) atoms. The maximum absolute atomic E-state index is 13.5. The van der Waals surface area contributed by atoms with E-state index in [1.54, 1.807) is 18.3 Å². The molecule has 0 aliphatic heterocycles. The number of aromatic nitrogens is 5. The van der Waals surface area contributed by atoms with Crippen molar-refractivity contribution in [3.8, 4) is 17.1 Å². The Kier molecular flexibility index (Phi) is 3.54. The lowest BCUT2D eigenvalue weighted by molar-refractivity contribution is 0.628. The molecule has 0 amide bonds. The lowest BCUT2D eigenvalue weighted by Gasteiger charge is -2.10. The van der Waals surface area contributed by atoms with Crippen molar-refractivity contribution >= 4 is 17.2 Å². The number of pyridine rings is 1. The standard InChI is InChI=1S/C17H13ClFN5/c1-2-15-21-22-17(11-3-5-14(19)13(18)9-11)24(15)12-4-6-16-20-7-8-23(16)10-12/h3-10H,2H2,1H3. The SMILES string of the molecule is CCc1nnc(-c2ccc(F)c(Cl)c2)n1-c1ccc2nccn2c1. The van der Waals surface area contributed by atoms with Crippen molar-refractivity contribution in [1.29, 1.82) is 0 Å². The molecule has 3 heterocycles. The van der Waals surface area contributed by atoms with E-state index in [0.29, 0.717) is 17.8 Å². The van der Waals surface area contributed by atoms with Crippen LogP contribution in [0.5, 0.6) is 0 Å². The van der Waals surface area contributed by atoms with Crippen LogP contribution >= 0.6 is 11.6 Å². The average molecular weight is 342 g/mol. The van der Waals surface area contributed by atoms with Crippen molar-refractivity contribution in [2.45, 2.75) is 13.3 Å². The van der Waals surface area contributed by atoms with E-state index in [2.05, 4.69) is 15.2 Å². The monoisotopic (exact) mass is 341 g/mol. The fourth-order valence-corrected chi connectivity index (χ4v) is 2.86. The first-order valence-electron chi connectivity index (χ1n) is 7.50. The number of fused-ring (bicyclic) bond motifs is 1. The molecule has 0 fully saturated rings. The van der Waals surface area contributed by atoms with Gasteiger partial charge in [0.2, 0.25) is 0 Å². The van der Waals surface area contributed by atoms with E-state index in [1.807, 2.05) is 40.4 Å². The molecule has 0 aliphatic carbocycles. The van der Waals surface area contributed by atoms with Crippen molar-refractivity contribution in [3.05, 3.63) is 65.6 Å². The summed E-state index contributed by atoms with van der Waals surface area (Å²) in [7, 11) is 0. The van der Waals surface area contributed by atoms with E-state index in [4.69, 9.17) is 11.6 Å². The first-order valence-corrected chi connectivity index (χ1v) is 7.88. The van der Waals surface area contributed by atoms with Crippen molar-refractivity contribution in [2.75, 3.05) is 0 Å². The van der Waals surface area contributed by atoms with E-state index < -0.39 is 5.82 Å². The van der Waals surface area contributed by atoms with Crippen LogP contribution in [0, 0.1) is 5.82 Å². The summed E-state index contributed by atoms with van der Waals surface area (Å²) in [4.78, 5) is 4.25. The Hall–Kier alpha value is -2.73. The van der Waals surface area contributed by atoms with Crippen LogP contribution in [0.4, 0.5) is 4.39 Å². The summed E-state index contributed by atoms with van der Waals surface area (Å²) < 4.78 is 17.3. The summed E-state index contributed by atoms with van der Waals surface area (Å²) in [6.07, 6.45) is 6.29. The van der Waals surface area contributed by atoms with Crippen molar-refractivity contribution < 1.29 is 4.39 Å². The normalized spacial score (nSPS) is 11.3. The summed E-state index contributed by atoms with van der Waals surface area (Å²) >= 11 is 5.92. The topological polar surface area (TPSA) is 48.0 Å². The molecule has 0 N–H and O–H groups in total. The van der Waals surface area contributed by atoms with Gasteiger partial charge < -0.3 is 4.40 Å². The number of benzene rings is 1. The van der Waals surface area contributed by atoms with E-state index in [-0.39, 0.29) is 5.02 Å². The van der Waals surface area contributed by atoms with Crippen LogP contribution in [-0.4, -0.2) is 24.1 Å². The maximum atomic E-state index is 13.5. The number of halogens is 2. The molecular weight excluding hydrogens is 329 g/mol. The molecule has 4 aromatic rings. The van der Waals surface area contributed by atoms with Crippen molar-refractivity contribution in [1.82, 2.24) is 24.1 Å². The molecular formula is C17H13ClFN5. The fraction of sp³-hybridized carbons (Fsp3) is 0.118. The van der Waals surface area contributed by atoms with Gasteiger partial charge in [-0.2, -0.15) is 0 Å². The second-order valence-electron chi connectivity index (χ2n) is 5.34. The minimum absolute atomic E-state index is 0.0603. The highest BCUT2D eigenvalue weighted by atomic mass is 35.5. The van der Waals surface area contributed by atoms with Gasteiger partial charge in [0.05, 0.1) is 10.7 Å². The van der Waals surface area contributed by atoms with E-state index in [9.17, 15) is 4.39 Å². The van der Waals surface area contributed by atoms with Gasteiger partial charge in [-0.1, -0.05) is 18.5 Å². The lowest BCUT2D eigenvalue weighted by atomic mass is 10.2. The minimum Gasteiger partial charge on any atom is -0.305 e. The summed E-state index contributed by atoms with van der Waals surface area (Å²) in [5.41, 5.74) is 2.47. The van der Waals surface area contributed by atoms with Crippen LogP contribution in [0.25, 0.3) is 22.7 Å². The van der Waals surface area contributed by atoms with Gasteiger partial charge in [0.15, 0.2) is 5.82 Å². The van der Waals surface area contributed by atoms with E-state index in [0.717, 1.165) is 17.2 Å². The molecule has 0 aliphatic rings. The summed E-state index contributed by atoms with van der Waals surface area (Å²) in [6, 6.07) is 8.43. The molecule has 0 bridgehead atoms. The van der Waals surface area contributed by atoms with Crippen LogP contribution < -0.4 is 0 Å². The molecule has 5 nitrogen and oxygen atoms in total. The molecule has 0 spiro atoms. The Morgan fingerprint density at radius 1 is 1.17 bits per heavy atom. The van der Waals surface area contributed by atoms with E-state index >= 15 is 0 Å². The molecule has 0 radical (unpaired) electrons.